The number of hydrogen-bond donors (Lipinski definition) is 2. The fraction of sp³-hybridized carbons (Fsp3) is 0.565. The van der Waals surface area contributed by atoms with Crippen molar-refractivity contribution in [1.29, 1.82) is 0 Å². The van der Waals surface area contributed by atoms with Crippen molar-refractivity contribution in [1.82, 2.24) is 9.55 Å². The Morgan fingerprint density at radius 1 is 1.32 bits per heavy atom. The van der Waals surface area contributed by atoms with Crippen LogP contribution in [-0.4, -0.2) is 57.1 Å². The molecule has 4 rings (SSSR count). The Hall–Kier alpha value is -1.44. The summed E-state index contributed by atoms with van der Waals surface area (Å²) < 4.78 is 51.9. The normalized spacial score (nSPS) is 29.8. The summed E-state index contributed by atoms with van der Waals surface area (Å²) in [4.78, 5) is 26.6. The number of nitrogens with one attached hydrogen (secondary N) is 1. The van der Waals surface area contributed by atoms with Gasteiger partial charge in [-0.1, -0.05) is 39.8 Å². The van der Waals surface area contributed by atoms with Gasteiger partial charge in [0, 0.05) is 28.5 Å². The van der Waals surface area contributed by atoms with E-state index in [1.165, 1.54) is 6.92 Å². The molecule has 2 saturated heterocycles. The zero-order valence-electron chi connectivity index (χ0n) is 20.6. The number of phosphoric acid groups is 1. The molecule has 0 saturated carbocycles. The van der Waals surface area contributed by atoms with E-state index in [4.69, 9.17) is 18.3 Å². The van der Waals surface area contributed by atoms with Crippen LogP contribution in [-0.2, 0) is 29.3 Å². The molecule has 1 aromatic carbocycles. The highest BCUT2D eigenvalue weighted by Crippen LogP contribution is 2.59. The van der Waals surface area contributed by atoms with Gasteiger partial charge in [-0.2, -0.15) is 0 Å². The maximum Gasteiger partial charge on any atom is 0.475 e. The molecule has 1 aromatic heterocycles. The predicted molar refractivity (Wildman–Crippen MR) is 139 cm³/mol. The molecular formula is C23H30FN2O8PS2. The van der Waals surface area contributed by atoms with Crippen molar-refractivity contribution in [3.05, 3.63) is 62.9 Å². The van der Waals surface area contributed by atoms with Gasteiger partial charge >= 0.3 is 13.5 Å². The highest BCUT2D eigenvalue weighted by molar-refractivity contribution is 8.77. The maximum atomic E-state index is 15.8. The first kappa shape index (κ1) is 28.6. The number of H-pyrrole nitrogens is 1. The standard InChI is InChI=1S/C23H30FN2O8PS2/c1-22(2,10-12-27)37-36-17-7-5-4-6-15(17)9-13-31-35(30)32-14-16-19(34-35)23(3,24)20(33-16)26-11-8-18(28)25-21(26)29/h4-8,11,16,19-20,27H,9-10,12-14H2,1-3H3,(H,25,28,29)/t16-,19-,20-,23-,35?/m1/s1. The fourth-order valence-corrected chi connectivity index (χ4v) is 8.10. The van der Waals surface area contributed by atoms with Crippen LogP contribution in [0.1, 0.15) is 39.0 Å². The van der Waals surface area contributed by atoms with Crippen LogP contribution in [0.25, 0.3) is 0 Å². The number of aromatic nitrogens is 2. The van der Waals surface area contributed by atoms with Crippen LogP contribution >= 0.6 is 29.4 Å². The number of ether oxygens (including phenoxy) is 1. The van der Waals surface area contributed by atoms with Crippen LogP contribution in [0, 0.1) is 0 Å². The Labute approximate surface area is 221 Å². The molecule has 37 heavy (non-hydrogen) atoms. The quantitative estimate of drug-likeness (QED) is 0.318. The van der Waals surface area contributed by atoms with E-state index in [1.54, 1.807) is 21.6 Å². The molecule has 0 bridgehead atoms. The van der Waals surface area contributed by atoms with Gasteiger partial charge in [-0.25, -0.2) is 13.8 Å². The van der Waals surface area contributed by atoms with Crippen molar-refractivity contribution in [3.63, 3.8) is 0 Å². The third-order valence-corrected chi connectivity index (χ3v) is 11.0. The molecule has 5 atom stereocenters. The van der Waals surface area contributed by atoms with Gasteiger partial charge in [0.1, 0.15) is 12.2 Å². The molecule has 0 aliphatic carbocycles. The summed E-state index contributed by atoms with van der Waals surface area (Å²) in [6, 6.07) is 8.82. The van der Waals surface area contributed by atoms with Gasteiger partial charge in [0.25, 0.3) is 5.56 Å². The van der Waals surface area contributed by atoms with Crippen LogP contribution < -0.4 is 11.2 Å². The van der Waals surface area contributed by atoms with Crippen molar-refractivity contribution in [3.8, 4) is 0 Å². The number of phosphoric ester groups is 1. The predicted octanol–water partition coefficient (Wildman–Crippen LogP) is 3.85. The summed E-state index contributed by atoms with van der Waals surface area (Å²) in [5.74, 6) is 0. The van der Waals surface area contributed by atoms with E-state index >= 15 is 4.39 Å². The number of hydrogen-bond acceptors (Lipinski definition) is 10. The lowest BCUT2D eigenvalue weighted by atomic mass is 9.98. The largest absolute Gasteiger partial charge is 0.475 e. The van der Waals surface area contributed by atoms with Gasteiger partial charge in [0.15, 0.2) is 11.9 Å². The highest BCUT2D eigenvalue weighted by Gasteiger charge is 2.61. The minimum absolute atomic E-state index is 0.00357. The monoisotopic (exact) mass is 576 g/mol. The second kappa shape index (κ2) is 11.4. The zero-order chi connectivity index (χ0) is 26.8. The Balaban J connectivity index is 1.39. The summed E-state index contributed by atoms with van der Waals surface area (Å²) >= 11 is 0. The first-order valence-electron chi connectivity index (χ1n) is 11.7. The molecule has 2 N–H and O–H groups in total. The fourth-order valence-electron chi connectivity index (χ4n) is 4.05. The van der Waals surface area contributed by atoms with Gasteiger partial charge < -0.3 is 9.84 Å². The van der Waals surface area contributed by atoms with Gasteiger partial charge in [-0.05, 0) is 45.2 Å². The molecule has 0 amide bonds. The average Bonchev–Trinajstić information content (AvgIpc) is 3.08. The molecule has 0 spiro atoms. The Kier molecular flexibility index (Phi) is 8.76. The number of alkyl halides is 1. The molecule has 204 valence electrons. The maximum absolute atomic E-state index is 15.8. The third-order valence-electron chi connectivity index (χ3n) is 6.09. The lowest BCUT2D eigenvalue weighted by Crippen LogP contribution is -2.46. The van der Waals surface area contributed by atoms with Crippen molar-refractivity contribution >= 4 is 29.4 Å². The van der Waals surface area contributed by atoms with E-state index in [2.05, 4.69) is 18.8 Å². The second-order valence-corrected chi connectivity index (χ2v) is 14.1. The third kappa shape index (κ3) is 6.59. The topological polar surface area (TPSA) is 129 Å². The lowest BCUT2D eigenvalue weighted by molar-refractivity contribution is -0.0724. The van der Waals surface area contributed by atoms with E-state index in [0.717, 1.165) is 27.3 Å². The lowest BCUT2D eigenvalue weighted by Gasteiger charge is -2.33. The van der Waals surface area contributed by atoms with Crippen LogP contribution in [0.4, 0.5) is 4.39 Å². The zero-order valence-corrected chi connectivity index (χ0v) is 23.2. The SMILES string of the molecule is CC(C)(CCO)SSc1ccccc1CCOP1(=O)OC[C@H]2O[C@@H](n3ccc(=O)[nH]c3=O)[C@](C)(F)[C@@H]2O1. The molecular weight excluding hydrogens is 546 g/mol. The van der Waals surface area contributed by atoms with Gasteiger partial charge in [0.05, 0.1) is 13.2 Å². The molecule has 14 heteroatoms. The van der Waals surface area contributed by atoms with Gasteiger partial charge in [-0.3, -0.25) is 27.9 Å². The summed E-state index contributed by atoms with van der Waals surface area (Å²) in [7, 11) is -0.861. The summed E-state index contributed by atoms with van der Waals surface area (Å²) in [5, 5.41) is 9.25. The number of aliphatic hydroxyl groups is 1. The smallest absolute Gasteiger partial charge is 0.396 e. The molecule has 2 aliphatic rings. The number of fused-ring (bicyclic) bond motifs is 1. The van der Waals surface area contributed by atoms with Crippen molar-refractivity contribution in [2.24, 2.45) is 0 Å². The van der Waals surface area contributed by atoms with Crippen molar-refractivity contribution < 1.29 is 32.4 Å². The number of nitrogens with zero attached hydrogens (tertiary/aromatic N) is 1. The van der Waals surface area contributed by atoms with E-state index in [1.807, 2.05) is 24.3 Å². The summed E-state index contributed by atoms with van der Waals surface area (Å²) in [6.45, 7) is 5.17. The van der Waals surface area contributed by atoms with Crippen LogP contribution in [0.15, 0.2) is 51.0 Å². The number of rotatable bonds is 10. The number of aromatic amines is 1. The first-order valence-corrected chi connectivity index (χ1v) is 15.3. The van der Waals surface area contributed by atoms with Crippen molar-refractivity contribution in [2.75, 3.05) is 19.8 Å². The van der Waals surface area contributed by atoms with E-state index in [0.29, 0.717) is 12.8 Å². The Bertz CT molecular complexity index is 1270. The van der Waals surface area contributed by atoms with Gasteiger partial charge in [0.2, 0.25) is 0 Å². The average molecular weight is 577 g/mol. The molecule has 3 heterocycles. The van der Waals surface area contributed by atoms with Gasteiger partial charge in [-0.15, -0.1) is 0 Å². The second-order valence-electron chi connectivity index (χ2n) is 9.56. The number of halogens is 1. The molecule has 0 radical (unpaired) electrons. The van der Waals surface area contributed by atoms with Crippen LogP contribution in [0.3, 0.4) is 0 Å². The van der Waals surface area contributed by atoms with E-state index < -0.39 is 43.2 Å². The first-order chi connectivity index (χ1) is 17.4. The van der Waals surface area contributed by atoms with E-state index in [-0.39, 0.29) is 24.6 Å². The summed E-state index contributed by atoms with van der Waals surface area (Å²) in [5.41, 5.74) is -2.76. The highest BCUT2D eigenvalue weighted by atomic mass is 33.1. The number of benzene rings is 1. The van der Waals surface area contributed by atoms with Crippen LogP contribution in [0.5, 0.6) is 0 Å². The molecule has 1 unspecified atom stereocenters. The Morgan fingerprint density at radius 2 is 2.08 bits per heavy atom. The number of aliphatic hydroxyl groups excluding tert-OH is 1. The minimum Gasteiger partial charge on any atom is -0.396 e. The summed E-state index contributed by atoms with van der Waals surface area (Å²) in [6.07, 6.45) is -1.46. The minimum atomic E-state index is -4.11. The molecule has 2 aliphatic heterocycles. The van der Waals surface area contributed by atoms with Crippen molar-refractivity contribution in [2.45, 2.75) is 67.4 Å². The molecule has 2 aromatic rings. The van der Waals surface area contributed by atoms with E-state index in [9.17, 15) is 19.3 Å². The van der Waals surface area contributed by atoms with Crippen LogP contribution in [0.2, 0.25) is 0 Å². The Morgan fingerprint density at radius 3 is 2.81 bits per heavy atom. The molecule has 10 nitrogen and oxygen atoms in total. The molecule has 2 fully saturated rings.